The average molecular weight is 230 g/mol. The molecule has 2 unspecified atom stereocenters. The van der Waals surface area contributed by atoms with Crippen molar-refractivity contribution >= 4 is 5.91 Å². The van der Waals surface area contributed by atoms with Gasteiger partial charge in [0.05, 0.1) is 12.5 Å². The molecule has 4 nitrogen and oxygen atoms in total. The Hall–Kier alpha value is -0.610. The summed E-state index contributed by atoms with van der Waals surface area (Å²) in [5.74, 6) is 0.569. The minimum absolute atomic E-state index is 0.0247. The van der Waals surface area contributed by atoms with Crippen LogP contribution >= 0.6 is 0 Å². The second kappa shape index (κ2) is 8.53. The minimum atomic E-state index is -0.172. The fourth-order valence-corrected chi connectivity index (χ4v) is 1.90. The highest BCUT2D eigenvalue weighted by molar-refractivity contribution is 5.76. The van der Waals surface area contributed by atoms with Crippen molar-refractivity contribution in [2.75, 3.05) is 13.7 Å². The van der Waals surface area contributed by atoms with Gasteiger partial charge in [0.25, 0.3) is 0 Å². The van der Waals surface area contributed by atoms with E-state index in [1.807, 2.05) is 0 Å². The van der Waals surface area contributed by atoms with Gasteiger partial charge in [-0.05, 0) is 12.8 Å². The van der Waals surface area contributed by atoms with Gasteiger partial charge >= 0.3 is 0 Å². The van der Waals surface area contributed by atoms with E-state index in [4.69, 9.17) is 10.5 Å². The van der Waals surface area contributed by atoms with Crippen molar-refractivity contribution in [3.63, 3.8) is 0 Å². The molecule has 0 aliphatic heterocycles. The van der Waals surface area contributed by atoms with E-state index in [1.165, 1.54) is 0 Å². The predicted octanol–water partition coefficient (Wildman–Crippen LogP) is 1.29. The molecule has 0 spiro atoms. The first-order chi connectivity index (χ1) is 7.58. The molecular formula is C12H26N2O2. The zero-order valence-corrected chi connectivity index (χ0v) is 11.0. The molecule has 0 aromatic carbocycles. The van der Waals surface area contributed by atoms with E-state index >= 15 is 0 Å². The first kappa shape index (κ1) is 15.4. The van der Waals surface area contributed by atoms with Crippen molar-refractivity contribution in [1.82, 2.24) is 5.32 Å². The highest BCUT2D eigenvalue weighted by atomic mass is 16.5. The van der Waals surface area contributed by atoms with Gasteiger partial charge in [-0.15, -0.1) is 0 Å². The van der Waals surface area contributed by atoms with Crippen LogP contribution in [0.5, 0.6) is 0 Å². The van der Waals surface area contributed by atoms with E-state index in [9.17, 15) is 4.79 Å². The summed E-state index contributed by atoms with van der Waals surface area (Å²) in [5, 5.41) is 3.01. The summed E-state index contributed by atoms with van der Waals surface area (Å²) >= 11 is 0. The van der Waals surface area contributed by atoms with Crippen molar-refractivity contribution in [2.45, 2.75) is 52.2 Å². The number of ether oxygens (including phenoxy) is 1. The van der Waals surface area contributed by atoms with Crippen molar-refractivity contribution < 1.29 is 9.53 Å². The molecule has 0 heterocycles. The van der Waals surface area contributed by atoms with Gasteiger partial charge in [-0.2, -0.15) is 0 Å². The SMILES string of the molecule is CCC(CC)C(C)NC(=O)CC(CN)OC. The van der Waals surface area contributed by atoms with Crippen LogP contribution in [-0.4, -0.2) is 31.7 Å². The standard InChI is InChI=1S/C12H26N2O2/c1-5-10(6-2)9(3)14-12(15)7-11(8-13)16-4/h9-11H,5-8,13H2,1-4H3,(H,14,15). The molecule has 0 aliphatic rings. The second-order valence-electron chi connectivity index (χ2n) is 4.23. The summed E-state index contributed by atoms with van der Waals surface area (Å²) in [7, 11) is 1.58. The number of methoxy groups -OCH3 is 1. The van der Waals surface area contributed by atoms with Crippen LogP contribution in [0.2, 0.25) is 0 Å². The highest BCUT2D eigenvalue weighted by Gasteiger charge is 2.17. The Balaban J connectivity index is 4.03. The maximum Gasteiger partial charge on any atom is 0.222 e. The van der Waals surface area contributed by atoms with Crippen LogP contribution in [0.15, 0.2) is 0 Å². The van der Waals surface area contributed by atoms with E-state index in [0.29, 0.717) is 18.9 Å². The quantitative estimate of drug-likeness (QED) is 0.660. The van der Waals surface area contributed by atoms with E-state index in [-0.39, 0.29) is 18.1 Å². The van der Waals surface area contributed by atoms with Crippen LogP contribution in [0.1, 0.15) is 40.0 Å². The zero-order valence-electron chi connectivity index (χ0n) is 11.0. The van der Waals surface area contributed by atoms with Crippen molar-refractivity contribution in [1.29, 1.82) is 0 Å². The number of carbonyl (C=O) groups excluding carboxylic acids is 1. The van der Waals surface area contributed by atoms with Gasteiger partial charge in [0, 0.05) is 19.7 Å². The summed E-state index contributed by atoms with van der Waals surface area (Å²) in [6.45, 7) is 6.73. The topological polar surface area (TPSA) is 64.4 Å². The van der Waals surface area contributed by atoms with E-state index < -0.39 is 0 Å². The summed E-state index contributed by atoms with van der Waals surface area (Å²) in [4.78, 5) is 11.7. The van der Waals surface area contributed by atoms with Crippen LogP contribution < -0.4 is 11.1 Å². The van der Waals surface area contributed by atoms with Crippen molar-refractivity contribution in [3.8, 4) is 0 Å². The number of hydrogen-bond donors (Lipinski definition) is 2. The third kappa shape index (κ3) is 5.47. The first-order valence-corrected chi connectivity index (χ1v) is 6.11. The summed E-state index contributed by atoms with van der Waals surface area (Å²) in [5.41, 5.74) is 5.47. The number of amides is 1. The van der Waals surface area contributed by atoms with Gasteiger partial charge in [-0.25, -0.2) is 0 Å². The Labute approximate surface area is 98.9 Å². The smallest absolute Gasteiger partial charge is 0.222 e. The number of rotatable bonds is 8. The van der Waals surface area contributed by atoms with E-state index in [2.05, 4.69) is 26.1 Å². The Morgan fingerprint density at radius 2 is 1.94 bits per heavy atom. The van der Waals surface area contributed by atoms with Gasteiger partial charge in [-0.1, -0.05) is 26.7 Å². The average Bonchev–Trinajstić information content (AvgIpc) is 2.27. The van der Waals surface area contributed by atoms with Crippen molar-refractivity contribution in [2.24, 2.45) is 11.7 Å². The molecule has 0 radical (unpaired) electrons. The lowest BCUT2D eigenvalue weighted by Gasteiger charge is -2.23. The Morgan fingerprint density at radius 3 is 2.31 bits per heavy atom. The third-order valence-corrected chi connectivity index (χ3v) is 3.15. The molecule has 96 valence electrons. The maximum atomic E-state index is 11.7. The zero-order chi connectivity index (χ0) is 12.6. The molecule has 1 amide bonds. The Morgan fingerprint density at radius 1 is 1.38 bits per heavy atom. The number of carbonyl (C=O) groups is 1. The number of nitrogens with two attached hydrogens (primary N) is 1. The van der Waals surface area contributed by atoms with Gasteiger partial charge < -0.3 is 15.8 Å². The number of hydrogen-bond acceptors (Lipinski definition) is 3. The Bertz CT molecular complexity index is 189. The summed E-state index contributed by atoms with van der Waals surface area (Å²) in [6, 6.07) is 0.220. The fraction of sp³-hybridized carbons (Fsp3) is 0.917. The lowest BCUT2D eigenvalue weighted by atomic mass is 9.95. The van der Waals surface area contributed by atoms with Crippen LogP contribution in [-0.2, 0) is 9.53 Å². The second-order valence-corrected chi connectivity index (χ2v) is 4.23. The molecule has 16 heavy (non-hydrogen) atoms. The highest BCUT2D eigenvalue weighted by Crippen LogP contribution is 2.12. The van der Waals surface area contributed by atoms with Crippen LogP contribution in [0.25, 0.3) is 0 Å². The monoisotopic (exact) mass is 230 g/mol. The summed E-state index contributed by atoms with van der Waals surface area (Å²) in [6.07, 6.45) is 2.34. The van der Waals surface area contributed by atoms with Crippen LogP contribution in [0, 0.1) is 5.92 Å². The lowest BCUT2D eigenvalue weighted by Crippen LogP contribution is -2.40. The minimum Gasteiger partial charge on any atom is -0.380 e. The lowest BCUT2D eigenvalue weighted by molar-refractivity contribution is -0.124. The molecule has 2 atom stereocenters. The number of nitrogens with one attached hydrogen (secondary N) is 1. The molecule has 0 aromatic heterocycles. The molecule has 0 fully saturated rings. The van der Waals surface area contributed by atoms with E-state index in [1.54, 1.807) is 7.11 Å². The molecule has 0 bridgehead atoms. The molecular weight excluding hydrogens is 204 g/mol. The van der Waals surface area contributed by atoms with Crippen LogP contribution in [0.4, 0.5) is 0 Å². The molecule has 4 heteroatoms. The first-order valence-electron chi connectivity index (χ1n) is 6.11. The molecule has 0 rings (SSSR count). The van der Waals surface area contributed by atoms with Gasteiger partial charge in [0.1, 0.15) is 0 Å². The molecule has 0 saturated heterocycles. The summed E-state index contributed by atoms with van der Waals surface area (Å²) < 4.78 is 5.08. The largest absolute Gasteiger partial charge is 0.380 e. The van der Waals surface area contributed by atoms with Crippen LogP contribution in [0.3, 0.4) is 0 Å². The van der Waals surface area contributed by atoms with Gasteiger partial charge in [0.2, 0.25) is 5.91 Å². The van der Waals surface area contributed by atoms with Gasteiger partial charge in [-0.3, -0.25) is 4.79 Å². The maximum absolute atomic E-state index is 11.7. The predicted molar refractivity (Wildman–Crippen MR) is 66.1 cm³/mol. The van der Waals surface area contributed by atoms with Crippen molar-refractivity contribution in [3.05, 3.63) is 0 Å². The van der Waals surface area contributed by atoms with Gasteiger partial charge in [0.15, 0.2) is 0 Å². The molecule has 3 N–H and O–H groups in total. The Kier molecular flexibility index (Phi) is 8.21. The van der Waals surface area contributed by atoms with E-state index in [0.717, 1.165) is 12.8 Å². The molecule has 0 saturated carbocycles. The fourth-order valence-electron chi connectivity index (χ4n) is 1.90. The third-order valence-electron chi connectivity index (χ3n) is 3.15. The molecule has 0 aromatic rings. The normalized spacial score (nSPS) is 14.9. The molecule has 0 aliphatic carbocycles.